The van der Waals surface area contributed by atoms with E-state index in [0.717, 1.165) is 83.8 Å². The number of allylic oxidation sites excluding steroid dienone is 2. The van der Waals surface area contributed by atoms with Crippen molar-refractivity contribution < 1.29 is 33.3 Å². The Balaban J connectivity index is 1.79. The molecule has 0 amide bonds. The number of unbranched alkanes of at least 4 members (excludes halogenated alkanes) is 2. The van der Waals surface area contributed by atoms with Crippen molar-refractivity contribution in [1.82, 2.24) is 0 Å². The van der Waals surface area contributed by atoms with E-state index in [4.69, 9.17) is 23.7 Å². The fourth-order valence-electron chi connectivity index (χ4n) is 6.30. The summed E-state index contributed by atoms with van der Waals surface area (Å²) in [5.74, 6) is 0.600. The van der Waals surface area contributed by atoms with Gasteiger partial charge < -0.3 is 23.7 Å². The molecule has 8 atom stereocenters. The van der Waals surface area contributed by atoms with Crippen molar-refractivity contribution >= 4 is 22.8 Å². The lowest BCUT2D eigenvalue weighted by Gasteiger charge is -2.31. The zero-order valence-corrected chi connectivity index (χ0v) is 27.3. The Kier molecular flexibility index (Phi) is 16.8. The van der Waals surface area contributed by atoms with E-state index in [0.29, 0.717) is 12.3 Å². The second kappa shape index (κ2) is 20.0. The van der Waals surface area contributed by atoms with Gasteiger partial charge in [-0.2, -0.15) is 0 Å². The van der Waals surface area contributed by atoms with Gasteiger partial charge >= 0.3 is 5.97 Å². The number of ether oxygens (including phenoxy) is 5. The molecule has 2 heterocycles. The van der Waals surface area contributed by atoms with Gasteiger partial charge in [-0.05, 0) is 82.5 Å². The van der Waals surface area contributed by atoms with E-state index in [9.17, 15) is 9.59 Å². The molecule has 0 aromatic heterocycles. The molecule has 1 aliphatic carbocycles. The summed E-state index contributed by atoms with van der Waals surface area (Å²) in [6.07, 6.45) is 22.1. The highest BCUT2D eigenvalue weighted by molar-refractivity contribution is 8.14. The average Bonchev–Trinajstić information content (AvgIpc) is 3.30. The highest BCUT2D eigenvalue weighted by Crippen LogP contribution is 2.45. The van der Waals surface area contributed by atoms with Crippen molar-refractivity contribution in [1.29, 1.82) is 0 Å². The molecule has 1 saturated carbocycles. The lowest BCUT2D eigenvalue weighted by atomic mass is 9.89. The molecule has 3 rings (SSSR count). The van der Waals surface area contributed by atoms with Crippen molar-refractivity contribution in [2.24, 2.45) is 17.8 Å². The summed E-state index contributed by atoms with van der Waals surface area (Å²) in [5, 5.41) is 0.317. The standard InChI is InChI=1S/C34H56O7S/c1-5-6-15-25(2)29(40-33-18-11-13-22-38-33)21-20-27-28(16-9-7-8-10-17-32(36)37-4)31(42-26(3)35)24-30(27)41-34-19-12-14-23-39-34/h7,9,20-21,25,27-31,33-34H,5-6,8,10-19,22-24H2,1-4H3/t25-,27+,28+,29+,30+,31-,33?,34?/m0/s1. The van der Waals surface area contributed by atoms with E-state index in [1.54, 1.807) is 6.92 Å². The van der Waals surface area contributed by atoms with E-state index >= 15 is 0 Å². The fourth-order valence-corrected chi connectivity index (χ4v) is 7.48. The van der Waals surface area contributed by atoms with Crippen molar-refractivity contribution in [3.05, 3.63) is 24.3 Å². The summed E-state index contributed by atoms with van der Waals surface area (Å²) in [6.45, 7) is 7.69. The van der Waals surface area contributed by atoms with Crippen LogP contribution in [0, 0.1) is 17.8 Å². The summed E-state index contributed by atoms with van der Waals surface area (Å²) in [4.78, 5) is 23.8. The quantitative estimate of drug-likeness (QED) is 0.0941. The largest absolute Gasteiger partial charge is 0.469 e. The van der Waals surface area contributed by atoms with Gasteiger partial charge in [0, 0.05) is 37.7 Å². The van der Waals surface area contributed by atoms with E-state index in [1.165, 1.54) is 31.7 Å². The number of esters is 1. The number of hydrogen-bond acceptors (Lipinski definition) is 8. The van der Waals surface area contributed by atoms with Gasteiger partial charge in [0.2, 0.25) is 0 Å². The predicted molar refractivity (Wildman–Crippen MR) is 168 cm³/mol. The van der Waals surface area contributed by atoms with Gasteiger partial charge in [-0.3, -0.25) is 9.59 Å². The number of carbonyl (C=O) groups is 2. The Labute approximate surface area is 258 Å². The lowest BCUT2D eigenvalue weighted by Crippen LogP contribution is -2.32. The molecule has 0 aromatic carbocycles. The van der Waals surface area contributed by atoms with Gasteiger partial charge in [0.15, 0.2) is 17.7 Å². The molecule has 3 fully saturated rings. The first kappa shape index (κ1) is 35.3. The maximum absolute atomic E-state index is 12.3. The lowest BCUT2D eigenvalue weighted by molar-refractivity contribution is -0.193. The molecule has 0 N–H and O–H groups in total. The molecule has 3 aliphatic rings. The molecular weight excluding hydrogens is 552 g/mol. The molecular formula is C34H56O7S. The zero-order valence-electron chi connectivity index (χ0n) is 26.5. The van der Waals surface area contributed by atoms with Crippen molar-refractivity contribution in [2.75, 3.05) is 20.3 Å². The predicted octanol–water partition coefficient (Wildman–Crippen LogP) is 7.77. The number of methoxy groups -OCH3 is 1. The average molecular weight is 609 g/mol. The Morgan fingerprint density at radius 1 is 1.02 bits per heavy atom. The van der Waals surface area contributed by atoms with Crippen LogP contribution in [-0.2, 0) is 33.3 Å². The first-order chi connectivity index (χ1) is 20.4. The van der Waals surface area contributed by atoms with Gasteiger partial charge in [0.05, 0.1) is 19.3 Å². The molecule has 42 heavy (non-hydrogen) atoms. The SMILES string of the molecule is CCCC[C@H](C)[C@@H](C=C[C@@H]1[C@@H](CC=CCCCC(=O)OC)[C@@H](SC(C)=O)C[C@H]1OC1CCCCO1)OC1CCCCO1. The molecule has 2 aliphatic heterocycles. The van der Waals surface area contributed by atoms with Crippen LogP contribution in [0.25, 0.3) is 0 Å². The molecule has 240 valence electrons. The monoisotopic (exact) mass is 608 g/mol. The number of thioether (sulfide) groups is 1. The second-order valence-electron chi connectivity index (χ2n) is 12.2. The van der Waals surface area contributed by atoms with Crippen LogP contribution in [-0.4, -0.2) is 61.4 Å². The van der Waals surface area contributed by atoms with Crippen LogP contribution in [0.1, 0.15) is 111 Å². The Hall–Kier alpha value is -1.19. The van der Waals surface area contributed by atoms with Crippen LogP contribution in [0.15, 0.2) is 24.3 Å². The highest BCUT2D eigenvalue weighted by Gasteiger charge is 2.44. The molecule has 8 heteroatoms. The zero-order chi connectivity index (χ0) is 30.2. The summed E-state index contributed by atoms with van der Waals surface area (Å²) < 4.78 is 30.0. The van der Waals surface area contributed by atoms with E-state index < -0.39 is 0 Å². The topological polar surface area (TPSA) is 80.3 Å². The van der Waals surface area contributed by atoms with Gasteiger partial charge in [-0.15, -0.1) is 0 Å². The minimum absolute atomic E-state index is 0.0172. The van der Waals surface area contributed by atoms with E-state index in [2.05, 4.69) is 38.2 Å². The number of carbonyl (C=O) groups excluding carboxylic acids is 2. The number of rotatable bonds is 17. The molecule has 7 nitrogen and oxygen atoms in total. The second-order valence-corrected chi connectivity index (χ2v) is 13.6. The first-order valence-electron chi connectivity index (χ1n) is 16.5. The molecule has 0 aromatic rings. The normalized spacial score (nSPS) is 30.1. The third-order valence-electron chi connectivity index (χ3n) is 8.75. The van der Waals surface area contributed by atoms with Gasteiger partial charge in [0.25, 0.3) is 0 Å². The van der Waals surface area contributed by atoms with Crippen LogP contribution in [0.5, 0.6) is 0 Å². The molecule has 0 bridgehead atoms. The molecule has 2 saturated heterocycles. The molecule has 2 unspecified atom stereocenters. The number of hydrogen-bond donors (Lipinski definition) is 0. The molecule has 0 radical (unpaired) electrons. The maximum atomic E-state index is 12.3. The minimum Gasteiger partial charge on any atom is -0.469 e. The van der Waals surface area contributed by atoms with Gasteiger partial charge in [0.1, 0.15) is 0 Å². The third kappa shape index (κ3) is 12.4. The van der Waals surface area contributed by atoms with Crippen molar-refractivity contribution in [3.63, 3.8) is 0 Å². The minimum atomic E-state index is -0.179. The first-order valence-corrected chi connectivity index (χ1v) is 17.4. The summed E-state index contributed by atoms with van der Waals surface area (Å²) in [7, 11) is 1.43. The van der Waals surface area contributed by atoms with Crippen LogP contribution in [0.2, 0.25) is 0 Å². The van der Waals surface area contributed by atoms with E-state index in [1.807, 2.05) is 0 Å². The van der Waals surface area contributed by atoms with Crippen LogP contribution in [0.3, 0.4) is 0 Å². The highest BCUT2D eigenvalue weighted by atomic mass is 32.2. The van der Waals surface area contributed by atoms with Crippen molar-refractivity contribution in [2.45, 2.75) is 141 Å². The summed E-state index contributed by atoms with van der Waals surface area (Å²) in [6, 6.07) is 0. The Morgan fingerprint density at radius 3 is 2.40 bits per heavy atom. The van der Waals surface area contributed by atoms with Crippen molar-refractivity contribution in [3.8, 4) is 0 Å². The van der Waals surface area contributed by atoms with Crippen LogP contribution in [0.4, 0.5) is 0 Å². The van der Waals surface area contributed by atoms with Crippen LogP contribution >= 0.6 is 11.8 Å². The Morgan fingerprint density at radius 2 is 1.76 bits per heavy atom. The van der Waals surface area contributed by atoms with Gasteiger partial charge in [-0.1, -0.05) is 62.8 Å². The third-order valence-corrected chi connectivity index (χ3v) is 9.92. The maximum Gasteiger partial charge on any atom is 0.305 e. The van der Waals surface area contributed by atoms with E-state index in [-0.39, 0.29) is 53.0 Å². The summed E-state index contributed by atoms with van der Waals surface area (Å²) in [5.41, 5.74) is 0. The van der Waals surface area contributed by atoms with Crippen LogP contribution < -0.4 is 0 Å². The fraction of sp³-hybridized carbons (Fsp3) is 0.824. The molecule has 0 spiro atoms. The summed E-state index contributed by atoms with van der Waals surface area (Å²) >= 11 is 1.46. The smallest absolute Gasteiger partial charge is 0.305 e. The Bertz CT molecular complexity index is 834. The van der Waals surface area contributed by atoms with Gasteiger partial charge in [-0.25, -0.2) is 0 Å².